The summed E-state index contributed by atoms with van der Waals surface area (Å²) in [5, 5.41) is 0. The number of hydrogen-bond acceptors (Lipinski definition) is 4. The van der Waals surface area contributed by atoms with Crippen LogP contribution < -0.4 is 0 Å². The molecule has 0 saturated heterocycles. The lowest BCUT2D eigenvalue weighted by atomic mass is 9.71. The fourth-order valence-electron chi connectivity index (χ4n) is 3.14. The van der Waals surface area contributed by atoms with Crippen LogP contribution in [-0.2, 0) is 19.6 Å². The summed E-state index contributed by atoms with van der Waals surface area (Å²) >= 11 is 0. The minimum absolute atomic E-state index is 0.187. The van der Waals surface area contributed by atoms with Gasteiger partial charge in [0.1, 0.15) is 11.2 Å². The molecule has 0 amide bonds. The van der Waals surface area contributed by atoms with Gasteiger partial charge in [-0.2, -0.15) is 9.78 Å². The summed E-state index contributed by atoms with van der Waals surface area (Å²) in [5.41, 5.74) is -0.609. The summed E-state index contributed by atoms with van der Waals surface area (Å²) in [6, 6.07) is 0. The van der Waals surface area contributed by atoms with Crippen molar-refractivity contribution >= 4 is 0 Å². The highest BCUT2D eigenvalue weighted by molar-refractivity contribution is 4.88. The van der Waals surface area contributed by atoms with Crippen molar-refractivity contribution in [3.63, 3.8) is 0 Å². The van der Waals surface area contributed by atoms with Gasteiger partial charge in [0.25, 0.3) is 0 Å². The van der Waals surface area contributed by atoms with E-state index in [4.69, 9.17) is 19.6 Å². The van der Waals surface area contributed by atoms with Crippen LogP contribution in [0.3, 0.4) is 0 Å². The molecule has 0 aromatic rings. The van der Waals surface area contributed by atoms with Crippen molar-refractivity contribution in [2.24, 2.45) is 17.8 Å². The lowest BCUT2D eigenvalue weighted by Gasteiger charge is -2.47. The summed E-state index contributed by atoms with van der Waals surface area (Å²) in [4.78, 5) is 24.1. The molecule has 1 saturated carbocycles. The zero-order valence-electron chi connectivity index (χ0n) is 18.1. The molecule has 0 aliphatic heterocycles. The van der Waals surface area contributed by atoms with E-state index in [2.05, 4.69) is 62.3 Å². The van der Waals surface area contributed by atoms with Crippen molar-refractivity contribution in [1.29, 1.82) is 0 Å². The first-order chi connectivity index (χ1) is 11.6. The molecule has 0 spiro atoms. The molecule has 1 rings (SSSR count). The molecule has 0 N–H and O–H groups in total. The summed E-state index contributed by atoms with van der Waals surface area (Å²) in [6.07, 6.45) is 5.39. The molecule has 150 valence electrons. The van der Waals surface area contributed by atoms with Crippen LogP contribution in [0.2, 0.25) is 0 Å². The third kappa shape index (κ3) is 5.41. The van der Waals surface area contributed by atoms with E-state index in [1.807, 2.05) is 0 Å². The average molecular weight is 359 g/mol. The van der Waals surface area contributed by atoms with E-state index < -0.39 is 5.79 Å². The van der Waals surface area contributed by atoms with E-state index in [9.17, 15) is 0 Å². The second-order valence-electron chi connectivity index (χ2n) is 8.62. The normalized spacial score (nSPS) is 27.5. The van der Waals surface area contributed by atoms with Crippen LogP contribution in [0, 0.1) is 17.8 Å². The summed E-state index contributed by atoms with van der Waals surface area (Å²) in [6.45, 7) is 19.4. The van der Waals surface area contributed by atoms with Gasteiger partial charge < -0.3 is 0 Å². The van der Waals surface area contributed by atoms with Crippen molar-refractivity contribution in [1.82, 2.24) is 0 Å². The van der Waals surface area contributed by atoms with Crippen LogP contribution in [0.4, 0.5) is 0 Å². The number of rotatable bonds is 10. The van der Waals surface area contributed by atoms with Gasteiger partial charge in [0.05, 0.1) is 0 Å². The van der Waals surface area contributed by atoms with Crippen molar-refractivity contribution < 1.29 is 19.6 Å². The SMILES string of the molecule is CCC(C)(CC)OOC1(OOC(C)(CC)CC)CCC(C)C(C)C1C. The molecule has 1 aliphatic rings. The summed E-state index contributed by atoms with van der Waals surface area (Å²) in [5.74, 6) is 0.461. The van der Waals surface area contributed by atoms with Crippen LogP contribution >= 0.6 is 0 Å². The van der Waals surface area contributed by atoms with E-state index in [0.29, 0.717) is 11.8 Å². The molecule has 0 bridgehead atoms. The zero-order valence-corrected chi connectivity index (χ0v) is 18.1. The van der Waals surface area contributed by atoms with Gasteiger partial charge in [-0.25, -0.2) is 9.78 Å². The van der Waals surface area contributed by atoms with Crippen LogP contribution in [0.5, 0.6) is 0 Å². The molecule has 0 radical (unpaired) electrons. The van der Waals surface area contributed by atoms with Crippen molar-refractivity contribution in [3.8, 4) is 0 Å². The predicted octanol–water partition coefficient (Wildman–Crippen LogP) is 6.44. The second-order valence-corrected chi connectivity index (χ2v) is 8.62. The molecule has 25 heavy (non-hydrogen) atoms. The van der Waals surface area contributed by atoms with Gasteiger partial charge in [-0.1, -0.05) is 48.5 Å². The quantitative estimate of drug-likeness (QED) is 0.256. The van der Waals surface area contributed by atoms with E-state index >= 15 is 0 Å². The van der Waals surface area contributed by atoms with Crippen LogP contribution in [0.15, 0.2) is 0 Å². The smallest absolute Gasteiger partial charge is 0.227 e. The van der Waals surface area contributed by atoms with Gasteiger partial charge in [-0.15, -0.1) is 0 Å². The predicted molar refractivity (Wildman–Crippen MR) is 102 cm³/mol. The highest BCUT2D eigenvalue weighted by Gasteiger charge is 2.50. The lowest BCUT2D eigenvalue weighted by Crippen LogP contribution is -2.52. The molecular weight excluding hydrogens is 316 g/mol. The first-order valence-corrected chi connectivity index (χ1v) is 10.3. The van der Waals surface area contributed by atoms with E-state index in [1.54, 1.807) is 0 Å². The van der Waals surface area contributed by atoms with Crippen LogP contribution in [-0.4, -0.2) is 17.0 Å². The molecular formula is C21H42O4. The largest absolute Gasteiger partial charge is 0.236 e. The summed E-state index contributed by atoms with van der Waals surface area (Å²) in [7, 11) is 0. The van der Waals surface area contributed by atoms with E-state index in [-0.39, 0.29) is 17.1 Å². The van der Waals surface area contributed by atoms with Crippen LogP contribution in [0.25, 0.3) is 0 Å². The Morgan fingerprint density at radius 3 is 1.56 bits per heavy atom. The molecule has 4 nitrogen and oxygen atoms in total. The van der Waals surface area contributed by atoms with Gasteiger partial charge in [0.2, 0.25) is 5.79 Å². The first-order valence-electron chi connectivity index (χ1n) is 10.3. The molecule has 0 aromatic heterocycles. The van der Waals surface area contributed by atoms with Gasteiger partial charge >= 0.3 is 0 Å². The maximum absolute atomic E-state index is 6.09. The highest BCUT2D eigenvalue weighted by Crippen LogP contribution is 2.45. The third-order valence-electron chi connectivity index (χ3n) is 7.09. The maximum atomic E-state index is 6.09. The van der Waals surface area contributed by atoms with Crippen LogP contribution in [0.1, 0.15) is 101 Å². The summed E-state index contributed by atoms with van der Waals surface area (Å²) < 4.78 is 0. The average Bonchev–Trinajstić information content (AvgIpc) is 2.64. The minimum atomic E-state index is -0.844. The van der Waals surface area contributed by atoms with Gasteiger partial charge in [-0.05, 0) is 57.8 Å². The standard InChI is InChI=1S/C21H42O4/c1-10-19(8,11-2)22-24-21(25-23-20(9,12-3)13-4)15-14-16(5)17(6)18(21)7/h16-18H,10-15H2,1-9H3. The van der Waals surface area contributed by atoms with Gasteiger partial charge in [0.15, 0.2) is 0 Å². The third-order valence-corrected chi connectivity index (χ3v) is 7.09. The topological polar surface area (TPSA) is 36.9 Å². The zero-order chi connectivity index (χ0) is 19.3. The van der Waals surface area contributed by atoms with Crippen molar-refractivity contribution in [2.45, 2.75) is 118 Å². The molecule has 3 atom stereocenters. The van der Waals surface area contributed by atoms with Gasteiger partial charge in [-0.3, -0.25) is 0 Å². The number of hydrogen-bond donors (Lipinski definition) is 0. The van der Waals surface area contributed by atoms with Crippen molar-refractivity contribution in [3.05, 3.63) is 0 Å². The molecule has 0 aromatic carbocycles. The Kier molecular flexibility index (Phi) is 8.39. The fourth-order valence-corrected chi connectivity index (χ4v) is 3.14. The van der Waals surface area contributed by atoms with Crippen molar-refractivity contribution in [2.75, 3.05) is 0 Å². The Hall–Kier alpha value is -0.160. The lowest BCUT2D eigenvalue weighted by molar-refractivity contribution is -0.562. The Bertz CT molecular complexity index is 365. The van der Waals surface area contributed by atoms with Gasteiger partial charge in [0, 0.05) is 12.3 Å². The minimum Gasteiger partial charge on any atom is -0.227 e. The Labute approximate surface area is 155 Å². The Balaban J connectivity index is 2.98. The van der Waals surface area contributed by atoms with E-state index in [0.717, 1.165) is 38.5 Å². The molecule has 1 fully saturated rings. The second kappa shape index (κ2) is 9.16. The van der Waals surface area contributed by atoms with E-state index in [1.165, 1.54) is 0 Å². The Morgan fingerprint density at radius 1 is 0.800 bits per heavy atom. The molecule has 0 heterocycles. The molecule has 4 heteroatoms. The fraction of sp³-hybridized carbons (Fsp3) is 1.00. The highest BCUT2D eigenvalue weighted by atomic mass is 17.3. The molecule has 1 aliphatic carbocycles. The molecule has 3 unspecified atom stereocenters. The monoisotopic (exact) mass is 358 g/mol. The Morgan fingerprint density at radius 2 is 1.20 bits per heavy atom. The maximum Gasteiger partial charge on any atom is 0.236 e. The first kappa shape index (κ1) is 22.9.